The van der Waals surface area contributed by atoms with Gasteiger partial charge in [0.2, 0.25) is 0 Å². The summed E-state index contributed by atoms with van der Waals surface area (Å²) in [7, 11) is -3.58. The zero-order valence-electron chi connectivity index (χ0n) is 9.56. The molecular formula is C8H2F12S2. The van der Waals surface area contributed by atoms with E-state index in [-0.39, 0.29) is 0 Å². The Kier molecular flexibility index (Phi) is 4.90. The van der Waals surface area contributed by atoms with Gasteiger partial charge in [-0.3, -0.25) is 0 Å². The number of halogens is 12. The van der Waals surface area contributed by atoms with Gasteiger partial charge in [-0.25, -0.2) is 0 Å². The van der Waals surface area contributed by atoms with Crippen molar-refractivity contribution < 1.29 is 52.7 Å². The van der Waals surface area contributed by atoms with Gasteiger partial charge in [0.05, 0.1) is 0 Å². The molecule has 14 heteroatoms. The van der Waals surface area contributed by atoms with Crippen molar-refractivity contribution in [3.05, 3.63) is 10.5 Å². The van der Waals surface area contributed by atoms with Crippen LogP contribution in [0.1, 0.15) is 0 Å². The molecule has 0 nitrogen and oxygen atoms in total. The van der Waals surface area contributed by atoms with Gasteiger partial charge in [-0.2, -0.15) is 52.7 Å². The smallest absolute Gasteiger partial charge is 0.166 e. The second-order valence-electron chi connectivity index (χ2n) is 3.69. The van der Waals surface area contributed by atoms with E-state index in [1.54, 1.807) is 0 Å². The minimum atomic E-state index is -5.92. The molecule has 0 radical (unpaired) electrons. The Bertz CT molecular complexity index is 423. The van der Waals surface area contributed by atoms with Crippen LogP contribution in [0.25, 0.3) is 0 Å². The molecule has 0 spiro atoms. The molecule has 0 aromatic rings. The van der Waals surface area contributed by atoms with Crippen molar-refractivity contribution in [2.24, 2.45) is 0 Å². The number of hydrogen-bond acceptors (Lipinski definition) is 1. The maximum Gasteiger partial charge on any atom is 0.427 e. The predicted molar refractivity (Wildman–Crippen MR) is 56.3 cm³/mol. The van der Waals surface area contributed by atoms with Gasteiger partial charge in [0.25, 0.3) is 0 Å². The van der Waals surface area contributed by atoms with Crippen molar-refractivity contribution >= 4 is 25.2 Å². The Balaban J connectivity index is 3.33. The lowest BCUT2D eigenvalue weighted by molar-refractivity contribution is -0.172. The highest BCUT2D eigenvalue weighted by molar-refractivity contribution is 8.88. The fourth-order valence-electron chi connectivity index (χ4n) is 1.36. The maximum atomic E-state index is 12.3. The average Bonchev–Trinajstić information content (AvgIpc) is 2.03. The van der Waals surface area contributed by atoms with Crippen LogP contribution in [-0.4, -0.2) is 35.3 Å². The quantitative estimate of drug-likeness (QED) is 0.295. The topological polar surface area (TPSA) is 0 Å². The molecule has 0 saturated carbocycles. The fourth-order valence-corrected chi connectivity index (χ4v) is 5.28. The van der Waals surface area contributed by atoms with Crippen LogP contribution in [-0.2, 0) is 0 Å². The first-order valence-corrected chi connectivity index (χ1v) is 7.46. The molecule has 1 aliphatic rings. The molecule has 22 heavy (non-hydrogen) atoms. The summed E-state index contributed by atoms with van der Waals surface area (Å²) in [6.07, 6.45) is -23.6. The van der Waals surface area contributed by atoms with Crippen LogP contribution in [0, 0.1) is 0 Å². The van der Waals surface area contributed by atoms with Crippen LogP contribution < -0.4 is 0 Å². The average molecular weight is 390 g/mol. The van der Waals surface area contributed by atoms with Crippen LogP contribution >= 0.6 is 20.3 Å². The molecular weight excluding hydrogens is 388 g/mol. The summed E-state index contributed by atoms with van der Waals surface area (Å²) < 4.78 is 147. The summed E-state index contributed by atoms with van der Waals surface area (Å²) in [4.78, 5) is -4.58. The molecule has 0 aliphatic carbocycles. The Hall–Kier alpha value is -0.530. The minimum absolute atomic E-state index is 0.712. The van der Waals surface area contributed by atoms with E-state index in [0.29, 0.717) is 0 Å². The summed E-state index contributed by atoms with van der Waals surface area (Å²) in [6.45, 7) is 0. The zero-order valence-corrected chi connectivity index (χ0v) is 11.2. The van der Waals surface area contributed by atoms with E-state index in [1.807, 2.05) is 0 Å². The highest BCUT2D eigenvalue weighted by Gasteiger charge is 2.58. The normalized spacial score (nSPS) is 20.7. The second kappa shape index (κ2) is 5.53. The largest absolute Gasteiger partial charge is 0.427 e. The van der Waals surface area contributed by atoms with Gasteiger partial charge < -0.3 is 0 Å². The van der Waals surface area contributed by atoms with Gasteiger partial charge in [-0.1, -0.05) is 10.8 Å². The Morgan fingerprint density at radius 2 is 1.00 bits per heavy atom. The highest BCUT2D eigenvalue weighted by atomic mass is 33.1. The van der Waals surface area contributed by atoms with E-state index in [9.17, 15) is 52.7 Å². The lowest BCUT2D eigenvalue weighted by Gasteiger charge is -2.31. The first kappa shape index (κ1) is 19.5. The van der Waals surface area contributed by atoms with E-state index in [4.69, 9.17) is 0 Å². The first-order chi connectivity index (χ1) is 9.45. The molecule has 1 saturated heterocycles. The van der Waals surface area contributed by atoms with E-state index in [0.717, 1.165) is 0 Å². The maximum absolute atomic E-state index is 12.3. The van der Waals surface area contributed by atoms with Gasteiger partial charge in [-0.15, -0.1) is 9.52 Å². The molecule has 0 aromatic heterocycles. The van der Waals surface area contributed by atoms with Crippen molar-refractivity contribution in [3.63, 3.8) is 0 Å². The molecule has 0 aromatic carbocycles. The van der Waals surface area contributed by atoms with Crippen LogP contribution in [0.4, 0.5) is 52.7 Å². The van der Waals surface area contributed by atoms with Gasteiger partial charge in [0, 0.05) is 10.7 Å². The van der Waals surface area contributed by atoms with E-state index in [2.05, 4.69) is 0 Å². The number of alkyl halides is 12. The SMILES string of the molecule is FC(F)(F)C(=C1CS(=C(C(F)(F)F)C(F)(F)F)S1)C(F)(F)F. The Morgan fingerprint density at radius 3 is 1.23 bits per heavy atom. The number of rotatable bonds is 0. The first-order valence-electron chi connectivity index (χ1n) is 4.73. The van der Waals surface area contributed by atoms with Crippen LogP contribution in [0.3, 0.4) is 0 Å². The van der Waals surface area contributed by atoms with Gasteiger partial charge in [0.1, 0.15) is 5.57 Å². The summed E-state index contributed by atoms with van der Waals surface area (Å²) in [5, 5.41) is 0. The van der Waals surface area contributed by atoms with E-state index >= 15 is 0 Å². The van der Waals surface area contributed by atoms with Crippen LogP contribution in [0.2, 0.25) is 0 Å². The molecule has 1 fully saturated rings. The fraction of sp³-hybridized carbons (Fsp3) is 0.625. The molecule has 1 rings (SSSR count). The third kappa shape index (κ3) is 4.26. The lowest BCUT2D eigenvalue weighted by Crippen LogP contribution is -2.38. The molecule has 130 valence electrons. The third-order valence-corrected chi connectivity index (χ3v) is 6.52. The summed E-state index contributed by atoms with van der Waals surface area (Å²) >= 11 is 0. The zero-order chi connectivity index (χ0) is 17.7. The van der Waals surface area contributed by atoms with Crippen molar-refractivity contribution in [2.75, 3.05) is 5.75 Å². The molecule has 1 unspecified atom stereocenters. The summed E-state index contributed by atoms with van der Waals surface area (Å²) in [5.74, 6) is -1.60. The minimum Gasteiger partial charge on any atom is -0.166 e. The standard InChI is InChI=1S/C8H2F12S2/c9-5(10,11)3(6(12,13)14)2-1-22(21-2)4(7(15,16)17)8(18,19)20/h1H2. The van der Waals surface area contributed by atoms with Crippen LogP contribution in [0.5, 0.6) is 0 Å². The van der Waals surface area contributed by atoms with Gasteiger partial charge in [0.15, 0.2) is 4.86 Å². The van der Waals surface area contributed by atoms with Crippen molar-refractivity contribution in [2.45, 2.75) is 24.7 Å². The lowest BCUT2D eigenvalue weighted by atomic mass is 10.2. The number of allylic oxidation sites excluding steroid dienone is 1. The summed E-state index contributed by atoms with van der Waals surface area (Å²) in [6, 6.07) is 0. The van der Waals surface area contributed by atoms with Crippen molar-refractivity contribution in [1.82, 2.24) is 0 Å². The van der Waals surface area contributed by atoms with Crippen molar-refractivity contribution in [1.29, 1.82) is 0 Å². The highest BCUT2D eigenvalue weighted by Crippen LogP contribution is 2.60. The molecule has 0 N–H and O–H groups in total. The van der Waals surface area contributed by atoms with Gasteiger partial charge >= 0.3 is 24.7 Å². The van der Waals surface area contributed by atoms with Gasteiger partial charge in [-0.05, 0) is 0 Å². The monoisotopic (exact) mass is 390 g/mol. The third-order valence-electron chi connectivity index (χ3n) is 2.05. The molecule has 0 bridgehead atoms. The van der Waals surface area contributed by atoms with Crippen LogP contribution in [0.15, 0.2) is 10.5 Å². The van der Waals surface area contributed by atoms with Crippen molar-refractivity contribution in [3.8, 4) is 0 Å². The predicted octanol–water partition coefficient (Wildman–Crippen LogP) is 5.59. The van der Waals surface area contributed by atoms with E-state index in [1.165, 1.54) is 0 Å². The molecule has 0 amide bonds. The van der Waals surface area contributed by atoms with E-state index < -0.39 is 66.1 Å². The Labute approximate surface area is 119 Å². The Morgan fingerprint density at radius 1 is 0.682 bits per heavy atom. The molecule has 1 heterocycles. The molecule has 1 atom stereocenters. The molecule has 1 aliphatic heterocycles. The summed E-state index contributed by atoms with van der Waals surface area (Å²) in [5.41, 5.74) is -3.07. The number of hydrogen-bond donors (Lipinski definition) is 0. The second-order valence-corrected chi connectivity index (χ2v) is 7.45.